The van der Waals surface area contributed by atoms with Gasteiger partial charge in [0.25, 0.3) is 0 Å². The van der Waals surface area contributed by atoms with Gasteiger partial charge >= 0.3 is 6.03 Å². The van der Waals surface area contributed by atoms with Crippen LogP contribution in [0.15, 0.2) is 12.4 Å². The Labute approximate surface area is 149 Å². The van der Waals surface area contributed by atoms with Crippen LogP contribution in [0.25, 0.3) is 0 Å². The molecule has 3 saturated heterocycles. The first-order chi connectivity index (χ1) is 12.3. The van der Waals surface area contributed by atoms with Crippen molar-refractivity contribution in [3.8, 4) is 0 Å². The van der Waals surface area contributed by atoms with Gasteiger partial charge in [0.2, 0.25) is 0 Å². The summed E-state index contributed by atoms with van der Waals surface area (Å²) in [7, 11) is 0. The molecule has 0 radical (unpaired) electrons. The van der Waals surface area contributed by atoms with Crippen LogP contribution in [0.1, 0.15) is 50.1 Å². The van der Waals surface area contributed by atoms with Gasteiger partial charge in [-0.25, -0.2) is 4.79 Å². The van der Waals surface area contributed by atoms with Crippen LogP contribution < -0.4 is 5.32 Å². The molecule has 1 aromatic rings. The van der Waals surface area contributed by atoms with Crippen LogP contribution in [0.3, 0.4) is 0 Å². The highest BCUT2D eigenvalue weighted by Crippen LogP contribution is 2.30. The Morgan fingerprint density at radius 2 is 2.16 bits per heavy atom. The summed E-state index contributed by atoms with van der Waals surface area (Å²) in [5.74, 6) is 0. The molecule has 4 heterocycles. The van der Waals surface area contributed by atoms with E-state index in [2.05, 4.69) is 20.4 Å². The highest BCUT2D eigenvalue weighted by Gasteiger charge is 2.32. The molecule has 3 fully saturated rings. The fraction of sp³-hybridized carbons (Fsp3) is 0.778. The van der Waals surface area contributed by atoms with Crippen molar-refractivity contribution in [2.24, 2.45) is 0 Å². The fourth-order valence-corrected chi connectivity index (χ4v) is 4.44. The second kappa shape index (κ2) is 7.74. The molecule has 2 N–H and O–H groups in total. The monoisotopic (exact) mass is 347 g/mol. The van der Waals surface area contributed by atoms with E-state index in [9.17, 15) is 4.79 Å². The molecule has 0 aliphatic carbocycles. The Hall–Kier alpha value is -1.60. The number of nitrogens with zero attached hydrogens (tertiary/aromatic N) is 3. The first-order valence-electron chi connectivity index (χ1n) is 9.70. The molecule has 138 valence electrons. The van der Waals surface area contributed by atoms with Crippen LogP contribution in [-0.4, -0.2) is 71.0 Å². The minimum absolute atomic E-state index is 0.0234. The number of rotatable bonds is 3. The quantitative estimate of drug-likeness (QED) is 0.876. The standard InChI is InChI=1S/C18H29N5O2/c24-18(23-8-4-2-6-17(23)14-9-20-21-10-14)19-11-16-12-22-7-3-1-5-15(22)13-25-16/h9-10,15-17H,1-8,11-13H2,(H,19,24)(H,20,21)/t15-,16+,17+/m0/s1. The van der Waals surface area contributed by atoms with Crippen LogP contribution in [-0.2, 0) is 4.74 Å². The van der Waals surface area contributed by atoms with Crippen LogP contribution in [0.5, 0.6) is 0 Å². The number of carbonyl (C=O) groups is 1. The number of hydrogen-bond donors (Lipinski definition) is 2. The molecule has 0 unspecified atom stereocenters. The summed E-state index contributed by atoms with van der Waals surface area (Å²) in [6.45, 7) is 4.32. The lowest BCUT2D eigenvalue weighted by atomic mass is 9.98. The van der Waals surface area contributed by atoms with E-state index in [0.717, 1.165) is 44.5 Å². The Bertz CT molecular complexity index is 564. The van der Waals surface area contributed by atoms with Gasteiger partial charge in [0.15, 0.2) is 0 Å². The van der Waals surface area contributed by atoms with E-state index in [0.29, 0.717) is 12.6 Å². The third-order valence-electron chi connectivity index (χ3n) is 5.86. The third kappa shape index (κ3) is 3.82. The number of carbonyl (C=O) groups excluding carboxylic acids is 1. The topological polar surface area (TPSA) is 73.5 Å². The zero-order valence-electron chi connectivity index (χ0n) is 14.8. The Morgan fingerprint density at radius 1 is 1.28 bits per heavy atom. The maximum atomic E-state index is 12.7. The molecule has 3 aliphatic rings. The predicted molar refractivity (Wildman–Crippen MR) is 94.2 cm³/mol. The van der Waals surface area contributed by atoms with E-state index < -0.39 is 0 Å². The number of H-pyrrole nitrogens is 1. The van der Waals surface area contributed by atoms with E-state index in [4.69, 9.17) is 4.74 Å². The lowest BCUT2D eigenvalue weighted by Crippen LogP contribution is -2.55. The van der Waals surface area contributed by atoms with Crippen LogP contribution >= 0.6 is 0 Å². The first kappa shape index (κ1) is 16.8. The highest BCUT2D eigenvalue weighted by molar-refractivity contribution is 5.74. The van der Waals surface area contributed by atoms with Gasteiger partial charge in [-0.15, -0.1) is 0 Å². The average Bonchev–Trinajstić information content (AvgIpc) is 3.20. The van der Waals surface area contributed by atoms with Crippen molar-refractivity contribution in [2.75, 3.05) is 32.8 Å². The second-order valence-corrected chi connectivity index (χ2v) is 7.52. The van der Waals surface area contributed by atoms with Crippen molar-refractivity contribution in [1.82, 2.24) is 25.3 Å². The van der Waals surface area contributed by atoms with Gasteiger partial charge in [-0.1, -0.05) is 6.42 Å². The van der Waals surface area contributed by atoms with E-state index in [1.165, 1.54) is 25.8 Å². The molecule has 2 amide bonds. The SMILES string of the molecule is O=C(NC[C@@H]1CN2CCCC[C@H]2CO1)N1CCCC[C@@H]1c1cn[nH]c1. The molecule has 7 nitrogen and oxygen atoms in total. The molecule has 0 saturated carbocycles. The molecule has 0 bridgehead atoms. The van der Waals surface area contributed by atoms with Crippen molar-refractivity contribution < 1.29 is 9.53 Å². The van der Waals surface area contributed by atoms with Crippen molar-refractivity contribution in [1.29, 1.82) is 0 Å². The molecule has 3 atom stereocenters. The number of amides is 2. The maximum Gasteiger partial charge on any atom is 0.318 e. The summed E-state index contributed by atoms with van der Waals surface area (Å²) in [6.07, 6.45) is 10.9. The number of likely N-dealkylation sites (tertiary alicyclic amines) is 1. The summed E-state index contributed by atoms with van der Waals surface area (Å²) >= 11 is 0. The lowest BCUT2D eigenvalue weighted by Gasteiger charge is -2.42. The number of aromatic amines is 1. The van der Waals surface area contributed by atoms with Crippen molar-refractivity contribution in [3.05, 3.63) is 18.0 Å². The van der Waals surface area contributed by atoms with Crippen molar-refractivity contribution in [2.45, 2.75) is 56.7 Å². The van der Waals surface area contributed by atoms with Crippen LogP contribution in [0.2, 0.25) is 0 Å². The number of aromatic nitrogens is 2. The summed E-state index contributed by atoms with van der Waals surface area (Å²) in [4.78, 5) is 17.2. The largest absolute Gasteiger partial charge is 0.373 e. The van der Waals surface area contributed by atoms with E-state index >= 15 is 0 Å². The lowest BCUT2D eigenvalue weighted by molar-refractivity contribution is -0.0726. The van der Waals surface area contributed by atoms with Gasteiger partial charge in [-0.2, -0.15) is 5.10 Å². The minimum Gasteiger partial charge on any atom is -0.373 e. The van der Waals surface area contributed by atoms with E-state index in [1.807, 2.05) is 17.3 Å². The van der Waals surface area contributed by atoms with Gasteiger partial charge in [0.05, 0.1) is 24.9 Å². The Balaban J connectivity index is 1.30. The molecule has 1 aromatic heterocycles. The predicted octanol–water partition coefficient (Wildman–Crippen LogP) is 1.90. The molecular formula is C18H29N5O2. The maximum absolute atomic E-state index is 12.7. The van der Waals surface area contributed by atoms with Gasteiger partial charge in [-0.05, 0) is 38.6 Å². The third-order valence-corrected chi connectivity index (χ3v) is 5.86. The summed E-state index contributed by atoms with van der Waals surface area (Å²) in [5.41, 5.74) is 1.10. The number of ether oxygens (including phenoxy) is 1. The number of hydrogen-bond acceptors (Lipinski definition) is 4. The van der Waals surface area contributed by atoms with E-state index in [1.54, 1.807) is 0 Å². The van der Waals surface area contributed by atoms with Gasteiger partial charge in [-0.3, -0.25) is 10.00 Å². The number of piperidine rings is 2. The van der Waals surface area contributed by atoms with Gasteiger partial charge < -0.3 is 15.0 Å². The van der Waals surface area contributed by atoms with Crippen molar-refractivity contribution >= 4 is 6.03 Å². The molecule has 0 spiro atoms. The number of morpholine rings is 1. The molecule has 3 aliphatic heterocycles. The second-order valence-electron chi connectivity index (χ2n) is 7.52. The summed E-state index contributed by atoms with van der Waals surface area (Å²) in [6, 6.07) is 0.745. The average molecular weight is 347 g/mol. The molecule has 0 aromatic carbocycles. The Kier molecular flexibility index (Phi) is 5.22. The normalized spacial score (nSPS) is 30.7. The Morgan fingerprint density at radius 3 is 3.04 bits per heavy atom. The molecule has 7 heteroatoms. The van der Waals surface area contributed by atoms with Gasteiger partial charge in [0.1, 0.15) is 0 Å². The van der Waals surface area contributed by atoms with E-state index in [-0.39, 0.29) is 18.2 Å². The number of urea groups is 1. The smallest absolute Gasteiger partial charge is 0.318 e. The minimum atomic E-state index is 0.0234. The molecular weight excluding hydrogens is 318 g/mol. The number of fused-ring (bicyclic) bond motifs is 1. The first-order valence-corrected chi connectivity index (χ1v) is 9.70. The van der Waals surface area contributed by atoms with Crippen LogP contribution in [0.4, 0.5) is 4.79 Å². The number of nitrogens with one attached hydrogen (secondary N) is 2. The van der Waals surface area contributed by atoms with Crippen molar-refractivity contribution in [3.63, 3.8) is 0 Å². The zero-order chi connectivity index (χ0) is 17.1. The summed E-state index contributed by atoms with van der Waals surface area (Å²) < 4.78 is 5.99. The highest BCUT2D eigenvalue weighted by atomic mass is 16.5. The fourth-order valence-electron chi connectivity index (χ4n) is 4.44. The summed E-state index contributed by atoms with van der Waals surface area (Å²) in [5, 5.41) is 10.0. The molecule has 4 rings (SSSR count). The van der Waals surface area contributed by atoms with Crippen LogP contribution in [0, 0.1) is 0 Å². The molecule has 25 heavy (non-hydrogen) atoms. The zero-order valence-corrected chi connectivity index (χ0v) is 14.8. The van der Waals surface area contributed by atoms with Gasteiger partial charge in [0, 0.05) is 37.4 Å².